The summed E-state index contributed by atoms with van der Waals surface area (Å²) in [5.74, 6) is -0.969. The highest BCUT2D eigenvalue weighted by atomic mass is 16.6. The van der Waals surface area contributed by atoms with Crippen molar-refractivity contribution in [3.8, 4) is 0 Å². The Kier molecular flexibility index (Phi) is 52.8. The topological polar surface area (TPSA) is 78.9 Å². The molecule has 0 rings (SSSR count). The van der Waals surface area contributed by atoms with E-state index < -0.39 is 6.10 Å². The van der Waals surface area contributed by atoms with E-state index in [2.05, 4.69) is 93.7 Å². The average molecular weight is 936 g/mol. The van der Waals surface area contributed by atoms with E-state index in [1.807, 2.05) is 0 Å². The van der Waals surface area contributed by atoms with Gasteiger partial charge in [-0.3, -0.25) is 14.4 Å². The Morgan fingerprint density at radius 2 is 0.537 bits per heavy atom. The van der Waals surface area contributed by atoms with Crippen LogP contribution in [0.15, 0.2) is 72.9 Å². The standard InChI is InChI=1S/C61H106O6/c1-4-7-10-13-16-19-22-25-28-29-30-31-34-37-40-43-46-49-52-55-61(64)67-58(56-65-59(62)53-50-47-44-41-38-35-32-26-23-20-17-14-11-8-5-2)57-66-60(63)54-51-48-45-42-39-36-33-27-24-21-18-15-12-9-6-3/h17-18,20-21,26-27,32-33,38-39,41-42,58H,4-16,19,22-25,28-31,34-37,40,43-57H2,1-3H3/b20-17-,21-18-,32-26-,33-27-,41-38-,42-39-. The second kappa shape index (κ2) is 55.4. The first-order valence-corrected chi connectivity index (χ1v) is 28.4. The van der Waals surface area contributed by atoms with Crippen LogP contribution in [0.5, 0.6) is 0 Å². The minimum absolute atomic E-state index is 0.105. The zero-order valence-electron chi connectivity index (χ0n) is 44.2. The minimum Gasteiger partial charge on any atom is -0.462 e. The van der Waals surface area contributed by atoms with Gasteiger partial charge in [-0.05, 0) is 96.3 Å². The molecule has 0 fully saturated rings. The van der Waals surface area contributed by atoms with Gasteiger partial charge in [0.2, 0.25) is 0 Å². The van der Waals surface area contributed by atoms with E-state index >= 15 is 0 Å². The first kappa shape index (κ1) is 63.8. The lowest BCUT2D eigenvalue weighted by Gasteiger charge is -2.18. The van der Waals surface area contributed by atoms with Crippen LogP contribution in [-0.2, 0) is 28.6 Å². The van der Waals surface area contributed by atoms with Gasteiger partial charge in [0.15, 0.2) is 6.10 Å². The summed E-state index contributed by atoms with van der Waals surface area (Å²) in [7, 11) is 0. The van der Waals surface area contributed by atoms with Gasteiger partial charge in [-0.1, -0.05) is 235 Å². The van der Waals surface area contributed by atoms with E-state index in [9.17, 15) is 14.4 Å². The largest absolute Gasteiger partial charge is 0.462 e. The highest BCUT2D eigenvalue weighted by Gasteiger charge is 2.19. The lowest BCUT2D eigenvalue weighted by Crippen LogP contribution is -2.30. The Labute approximate surface area is 414 Å². The van der Waals surface area contributed by atoms with Gasteiger partial charge in [-0.2, -0.15) is 0 Å². The van der Waals surface area contributed by atoms with Crippen molar-refractivity contribution in [2.45, 2.75) is 284 Å². The molecule has 0 spiro atoms. The maximum Gasteiger partial charge on any atom is 0.306 e. The third kappa shape index (κ3) is 53.7. The molecule has 0 radical (unpaired) electrons. The van der Waals surface area contributed by atoms with Crippen LogP contribution in [0.1, 0.15) is 278 Å². The van der Waals surface area contributed by atoms with Crippen LogP contribution < -0.4 is 0 Å². The predicted octanol–water partition coefficient (Wildman–Crippen LogP) is 19.0. The second-order valence-electron chi connectivity index (χ2n) is 18.8. The van der Waals surface area contributed by atoms with Crippen molar-refractivity contribution in [2.75, 3.05) is 13.2 Å². The third-order valence-corrected chi connectivity index (χ3v) is 12.2. The van der Waals surface area contributed by atoms with E-state index in [0.29, 0.717) is 19.3 Å². The summed E-state index contributed by atoms with van der Waals surface area (Å²) in [6.07, 6.45) is 70.4. The van der Waals surface area contributed by atoms with E-state index in [4.69, 9.17) is 14.2 Å². The molecule has 67 heavy (non-hydrogen) atoms. The Bertz CT molecular complexity index is 1190. The maximum atomic E-state index is 12.9. The number of esters is 3. The minimum atomic E-state index is -0.805. The van der Waals surface area contributed by atoms with Crippen molar-refractivity contribution >= 4 is 17.9 Å². The highest BCUT2D eigenvalue weighted by Crippen LogP contribution is 2.16. The van der Waals surface area contributed by atoms with Crippen molar-refractivity contribution in [3.05, 3.63) is 72.9 Å². The molecule has 0 aliphatic carbocycles. The molecule has 0 N–H and O–H groups in total. The van der Waals surface area contributed by atoms with E-state index in [0.717, 1.165) is 83.5 Å². The van der Waals surface area contributed by atoms with Crippen molar-refractivity contribution in [1.29, 1.82) is 0 Å². The molecule has 386 valence electrons. The van der Waals surface area contributed by atoms with Crippen molar-refractivity contribution in [2.24, 2.45) is 0 Å². The molecule has 0 aromatic rings. The summed E-state index contributed by atoms with van der Waals surface area (Å²) in [5, 5.41) is 0. The molecule has 0 aromatic carbocycles. The van der Waals surface area contributed by atoms with Gasteiger partial charge < -0.3 is 14.2 Å². The van der Waals surface area contributed by atoms with E-state index in [-0.39, 0.29) is 31.1 Å². The van der Waals surface area contributed by atoms with Gasteiger partial charge in [0, 0.05) is 19.3 Å². The summed E-state index contributed by atoms with van der Waals surface area (Å²) in [6, 6.07) is 0. The van der Waals surface area contributed by atoms with Gasteiger partial charge in [-0.15, -0.1) is 0 Å². The normalized spacial score (nSPS) is 12.2. The first-order valence-electron chi connectivity index (χ1n) is 28.4. The molecule has 0 aromatic heterocycles. The summed E-state index contributed by atoms with van der Waals surface area (Å²) >= 11 is 0. The van der Waals surface area contributed by atoms with Crippen LogP contribution in [-0.4, -0.2) is 37.2 Å². The fourth-order valence-corrected chi connectivity index (χ4v) is 7.87. The van der Waals surface area contributed by atoms with Crippen LogP contribution in [0.2, 0.25) is 0 Å². The zero-order chi connectivity index (χ0) is 48.6. The average Bonchev–Trinajstić information content (AvgIpc) is 3.33. The molecule has 6 nitrogen and oxygen atoms in total. The molecule has 0 heterocycles. The van der Waals surface area contributed by atoms with Crippen molar-refractivity contribution in [3.63, 3.8) is 0 Å². The number of carbonyl (C=O) groups excluding carboxylic acids is 3. The van der Waals surface area contributed by atoms with Gasteiger partial charge in [0.25, 0.3) is 0 Å². The molecular formula is C61H106O6. The van der Waals surface area contributed by atoms with Crippen molar-refractivity contribution < 1.29 is 28.6 Å². The molecule has 0 atom stereocenters. The van der Waals surface area contributed by atoms with Crippen LogP contribution >= 0.6 is 0 Å². The lowest BCUT2D eigenvalue weighted by atomic mass is 10.0. The van der Waals surface area contributed by atoms with Gasteiger partial charge >= 0.3 is 17.9 Å². The van der Waals surface area contributed by atoms with Gasteiger partial charge in [-0.25, -0.2) is 0 Å². The first-order chi connectivity index (χ1) is 33.0. The fraction of sp³-hybridized carbons (Fsp3) is 0.754. The molecule has 0 amide bonds. The number of carbonyl (C=O) groups is 3. The maximum absolute atomic E-state index is 12.9. The lowest BCUT2D eigenvalue weighted by molar-refractivity contribution is -0.167. The van der Waals surface area contributed by atoms with Gasteiger partial charge in [0.05, 0.1) is 0 Å². The molecule has 0 saturated carbocycles. The second-order valence-corrected chi connectivity index (χ2v) is 18.8. The number of allylic oxidation sites excluding steroid dienone is 12. The summed E-state index contributed by atoms with van der Waals surface area (Å²) in [4.78, 5) is 38.1. The number of ether oxygens (including phenoxy) is 3. The zero-order valence-corrected chi connectivity index (χ0v) is 44.2. The van der Waals surface area contributed by atoms with Crippen LogP contribution in [0.3, 0.4) is 0 Å². The predicted molar refractivity (Wildman–Crippen MR) is 288 cm³/mol. The summed E-state index contributed by atoms with van der Waals surface area (Å²) in [5.41, 5.74) is 0. The monoisotopic (exact) mass is 935 g/mol. The van der Waals surface area contributed by atoms with Gasteiger partial charge in [0.1, 0.15) is 13.2 Å². The number of hydrogen-bond donors (Lipinski definition) is 0. The third-order valence-electron chi connectivity index (χ3n) is 12.2. The summed E-state index contributed by atoms with van der Waals surface area (Å²) < 4.78 is 16.8. The Morgan fingerprint density at radius 3 is 0.866 bits per heavy atom. The van der Waals surface area contributed by atoms with Crippen LogP contribution in [0.4, 0.5) is 0 Å². The Hall–Kier alpha value is -3.15. The molecule has 0 aliphatic heterocycles. The number of unbranched alkanes of at least 4 members (excludes halogenated alkanes) is 28. The molecule has 0 saturated heterocycles. The Morgan fingerprint density at radius 1 is 0.299 bits per heavy atom. The van der Waals surface area contributed by atoms with E-state index in [1.54, 1.807) is 0 Å². The van der Waals surface area contributed by atoms with Crippen LogP contribution in [0.25, 0.3) is 0 Å². The number of hydrogen-bond acceptors (Lipinski definition) is 6. The summed E-state index contributed by atoms with van der Waals surface area (Å²) in [6.45, 7) is 6.54. The molecule has 6 heteroatoms. The smallest absolute Gasteiger partial charge is 0.306 e. The quantitative estimate of drug-likeness (QED) is 0.0262. The molecular weight excluding hydrogens is 829 g/mol. The van der Waals surface area contributed by atoms with Crippen LogP contribution in [0, 0.1) is 0 Å². The van der Waals surface area contributed by atoms with Crippen molar-refractivity contribution in [1.82, 2.24) is 0 Å². The molecule has 0 unspecified atom stereocenters. The number of rotatable bonds is 51. The molecule has 0 bridgehead atoms. The fourth-order valence-electron chi connectivity index (χ4n) is 7.87. The highest BCUT2D eigenvalue weighted by molar-refractivity contribution is 5.71. The van der Waals surface area contributed by atoms with E-state index in [1.165, 1.54) is 154 Å². The SMILES string of the molecule is CCCCC/C=C\C/C=C\C/C=C\CCCCC(=O)OCC(COC(=O)CCCC/C=C\C/C=C\C/C=C\CCCCC)OC(=O)CCCCCCCCCCCCCCCCCCCCC. The molecule has 0 aliphatic rings. The Balaban J connectivity index is 4.45.